The normalized spacial score (nSPS) is 20.3. The van der Waals surface area contributed by atoms with E-state index in [1.165, 1.54) is 0 Å². The number of carbonyl (C=O) groups excluding carboxylic acids is 4. The number of amides is 6. The number of carbonyl (C=O) groups is 4. The SMILES string of the molecule is C=C(NCCC)N1CC[C@@H](COc2cccc3c2C(N)=NS(=O)(=O)C3)C1.CC(C)(C)NC(=O)N1CCC[C@@H]1COc1cccc2c1C(N)=NS(=O)(=O)C2.CC(C)NC(=O)N1CCC[C@@H]1COc1cccc2c1C(N)=NS(=O)(=O)C2.CCCC(=O)N1CCCC(COc2cccc3c2C(N)=NS(=O)(=O)C3)C1.CCCC(=O)NC(C)(C)COc1cccc2c1C(N)=NS(=O)(=O)C2. The van der Waals surface area contributed by atoms with Crippen LogP contribution in [0.1, 0.15) is 202 Å². The minimum Gasteiger partial charge on any atom is -0.492 e. The van der Waals surface area contributed by atoms with Crippen LogP contribution in [-0.2, 0) is 88.5 Å². The number of rotatable bonds is 25. The highest BCUT2D eigenvalue weighted by molar-refractivity contribution is 7.90. The molecular weight excluding hydrogens is 1760 g/mol. The number of nitrogens with one attached hydrogen (secondary N) is 4. The minimum atomic E-state index is -3.58. The summed E-state index contributed by atoms with van der Waals surface area (Å²) in [5.74, 6) is 3.30. The number of hydrogen-bond donors (Lipinski definition) is 9. The molecule has 4 fully saturated rings. The van der Waals surface area contributed by atoms with Crippen LogP contribution in [-0.4, -0.2) is 223 Å². The van der Waals surface area contributed by atoms with Gasteiger partial charge >= 0.3 is 12.1 Å². The van der Waals surface area contributed by atoms with E-state index in [1.807, 2.05) is 73.3 Å². The average molecular weight is 1890 g/mol. The lowest BCUT2D eigenvalue weighted by molar-refractivity contribution is -0.133. The van der Waals surface area contributed by atoms with Gasteiger partial charge < -0.3 is 93.2 Å². The molecule has 9 heterocycles. The summed E-state index contributed by atoms with van der Waals surface area (Å²) in [6.07, 6.45) is 10.3. The standard InChI is InChI=1S/C18H26N4O4S.C18H26N4O3S.C18H25N3O4S.C17H24N4O4S.C16H23N3O4S/c1-18(2,3)20-17(23)22-9-5-7-13(22)10-26-14-8-4-6-12-11-27(24,25)21-16(19)15(12)14;1-3-8-20-13(2)22-9-7-14(10-22)11-25-16-6-4-5-15-12-26(23,24)21-18(19)17(15)16;1-2-5-16(22)21-9-4-6-13(10-21)11-25-15-8-3-7-14-12-26(23,24)20-18(19)17(14)15;1-11(2)19-17(22)21-8-4-6-13(21)9-25-14-7-3-5-12-10-26(23,24)20-16(18)15(12)14;1-4-6-13(20)18-16(2,3)10-23-12-8-5-7-11-9-24(21,22)19-15(17)14(11)12/h4,6,8,13H,5,7,9-11H2,1-3H3,(H2,19,21)(H,20,23);4-6,14,20H,2-3,7-12H2,1H3,(H2,19,21);3,7-8,13H,2,4-6,9-12H2,1H3,(H2,19,20);3,5,7,11,13H,4,6,8-10H2,1-2H3,(H2,18,20)(H,19,22);5,7-8H,4,6,9-10H2,1-3H3,(H2,17,19)(H,18,20)/t13-;14-;;13-;/m11.1./s1. The van der Waals surface area contributed by atoms with E-state index in [2.05, 4.69) is 61.7 Å². The highest BCUT2D eigenvalue weighted by Gasteiger charge is 2.37. The first-order valence-corrected chi connectivity index (χ1v) is 51.4. The summed E-state index contributed by atoms with van der Waals surface area (Å²) in [5.41, 5.74) is 34.1. The minimum absolute atomic E-state index is 0.00652. The van der Waals surface area contributed by atoms with E-state index in [-0.39, 0.29) is 118 Å². The highest BCUT2D eigenvalue weighted by atomic mass is 32.2. The van der Waals surface area contributed by atoms with E-state index >= 15 is 0 Å². The van der Waals surface area contributed by atoms with Crippen molar-refractivity contribution in [3.8, 4) is 28.7 Å². The Labute approximate surface area is 757 Å². The number of likely N-dealkylation sites (tertiary alicyclic amines) is 4. The van der Waals surface area contributed by atoms with E-state index in [4.69, 9.17) is 52.4 Å². The molecule has 0 aromatic heterocycles. The Morgan fingerprint density at radius 1 is 0.442 bits per heavy atom. The fourth-order valence-corrected chi connectivity index (χ4v) is 21.5. The Hall–Kier alpha value is -11.0. The molecule has 9 aliphatic rings. The number of urea groups is 2. The number of nitrogens with two attached hydrogens (primary N) is 5. The van der Waals surface area contributed by atoms with Crippen molar-refractivity contribution >= 4 is 103 Å². The van der Waals surface area contributed by atoms with E-state index in [9.17, 15) is 61.3 Å². The quantitative estimate of drug-likeness (QED) is 0.0280. The second-order valence-electron chi connectivity index (χ2n) is 35.0. The molecule has 0 saturated carbocycles. The van der Waals surface area contributed by atoms with E-state index < -0.39 is 55.7 Å². The Morgan fingerprint density at radius 2 is 0.791 bits per heavy atom. The maximum Gasteiger partial charge on any atom is 0.318 e. The van der Waals surface area contributed by atoms with Crippen molar-refractivity contribution in [3.05, 3.63) is 159 Å². The zero-order chi connectivity index (χ0) is 94.1. The van der Waals surface area contributed by atoms with Gasteiger partial charge in [0.2, 0.25) is 11.8 Å². The zero-order valence-electron chi connectivity index (χ0n) is 75.0. The van der Waals surface area contributed by atoms with Gasteiger partial charge in [-0.15, -0.1) is 22.0 Å². The number of ether oxygens (including phenoxy) is 5. The molecule has 14 rings (SSSR count). The molecule has 5 aromatic rings. The van der Waals surface area contributed by atoms with Crippen LogP contribution in [0.5, 0.6) is 28.7 Å². The third-order valence-corrected chi connectivity index (χ3v) is 27.6. The summed E-state index contributed by atoms with van der Waals surface area (Å²) in [6.45, 7) is 31.1. The van der Waals surface area contributed by atoms with Crippen molar-refractivity contribution in [2.75, 3.05) is 78.8 Å². The number of amidine groups is 5. The van der Waals surface area contributed by atoms with Gasteiger partial charge in [-0.3, -0.25) is 9.59 Å². The van der Waals surface area contributed by atoms with Crippen LogP contribution in [0.2, 0.25) is 0 Å². The molecule has 5 aromatic carbocycles. The lowest BCUT2D eigenvalue weighted by Gasteiger charge is -2.33. The van der Waals surface area contributed by atoms with Gasteiger partial charge in [-0.1, -0.05) is 88.0 Å². The maximum atomic E-state index is 12.5. The second-order valence-corrected chi connectivity index (χ2v) is 43.2. The average Bonchev–Trinajstić information content (AvgIpc) is 1.01. The molecule has 9 aliphatic heterocycles. The molecule has 706 valence electrons. The van der Waals surface area contributed by atoms with Crippen LogP contribution in [0.3, 0.4) is 0 Å². The molecule has 129 heavy (non-hydrogen) atoms. The zero-order valence-corrected chi connectivity index (χ0v) is 79.1. The van der Waals surface area contributed by atoms with Gasteiger partial charge in [0.1, 0.15) is 77.7 Å². The van der Waals surface area contributed by atoms with E-state index in [0.717, 1.165) is 96.2 Å². The maximum absolute atomic E-state index is 12.5. The molecule has 0 bridgehead atoms. The number of hydrogen-bond acceptors (Lipinski definition) is 26. The molecule has 0 aliphatic carbocycles. The molecule has 4 saturated heterocycles. The summed E-state index contributed by atoms with van der Waals surface area (Å²) < 4.78 is 165. The Bertz CT molecular complexity index is 5720. The highest BCUT2D eigenvalue weighted by Crippen LogP contribution is 2.36. The third-order valence-electron chi connectivity index (χ3n) is 21.8. The van der Waals surface area contributed by atoms with Crippen molar-refractivity contribution in [1.29, 1.82) is 0 Å². The van der Waals surface area contributed by atoms with Gasteiger partial charge in [0, 0.05) is 82.1 Å². The first-order chi connectivity index (χ1) is 60.7. The predicted molar refractivity (Wildman–Crippen MR) is 496 cm³/mol. The Kier molecular flexibility index (Phi) is 33.5. The fourth-order valence-electron chi connectivity index (χ4n) is 16.1. The topological polar surface area (TPSA) is 538 Å². The van der Waals surface area contributed by atoms with Crippen LogP contribution in [0.15, 0.2) is 125 Å². The molecule has 6 amide bonds. The van der Waals surface area contributed by atoms with Gasteiger partial charge in [0.15, 0.2) is 0 Å². The monoisotopic (exact) mass is 1880 g/mol. The molecule has 0 radical (unpaired) electrons. The number of piperidine rings is 1. The van der Waals surface area contributed by atoms with E-state index in [1.54, 1.807) is 94.7 Å². The van der Waals surface area contributed by atoms with Crippen molar-refractivity contribution in [2.45, 2.75) is 204 Å². The largest absolute Gasteiger partial charge is 0.492 e. The molecule has 37 nitrogen and oxygen atoms in total. The van der Waals surface area contributed by atoms with Crippen LogP contribution in [0.4, 0.5) is 9.59 Å². The summed E-state index contributed by atoms with van der Waals surface area (Å²) >= 11 is 0. The second kappa shape index (κ2) is 43.2. The van der Waals surface area contributed by atoms with Crippen LogP contribution >= 0.6 is 0 Å². The van der Waals surface area contributed by atoms with Gasteiger partial charge in [-0.2, -0.15) is 0 Å². The smallest absolute Gasteiger partial charge is 0.318 e. The van der Waals surface area contributed by atoms with Crippen molar-refractivity contribution in [2.24, 2.45) is 62.5 Å². The summed E-state index contributed by atoms with van der Waals surface area (Å²) in [7, 11) is -17.8. The fraction of sp³-hybridized carbons (Fsp3) is 0.529. The Morgan fingerprint density at radius 3 is 1.16 bits per heavy atom. The third kappa shape index (κ3) is 28.3. The number of benzene rings is 5. The van der Waals surface area contributed by atoms with Crippen molar-refractivity contribution in [3.63, 3.8) is 0 Å². The lowest BCUT2D eigenvalue weighted by atomic mass is 9.98. The van der Waals surface area contributed by atoms with Gasteiger partial charge in [-0.05, 0) is 171 Å². The van der Waals surface area contributed by atoms with Crippen LogP contribution in [0, 0.1) is 11.8 Å². The van der Waals surface area contributed by atoms with Crippen molar-refractivity contribution < 1.29 is 85.0 Å². The number of fused-ring (bicyclic) bond motifs is 5. The van der Waals surface area contributed by atoms with Crippen LogP contribution < -0.4 is 73.6 Å². The number of nitrogens with zero attached hydrogens (tertiary/aromatic N) is 9. The summed E-state index contributed by atoms with van der Waals surface area (Å²) in [6, 6.07) is 25.9. The summed E-state index contributed by atoms with van der Waals surface area (Å²) in [5, 5.41) is 12.1. The molecule has 0 spiro atoms. The summed E-state index contributed by atoms with van der Waals surface area (Å²) in [4.78, 5) is 56.4. The van der Waals surface area contributed by atoms with Gasteiger partial charge in [0.05, 0.1) is 93.2 Å². The molecule has 4 atom stereocenters. The first kappa shape index (κ1) is 100. The van der Waals surface area contributed by atoms with Gasteiger partial charge in [0.25, 0.3) is 50.1 Å². The van der Waals surface area contributed by atoms with Crippen molar-refractivity contribution in [1.82, 2.24) is 40.9 Å². The molecule has 42 heteroatoms. The molecule has 14 N–H and O–H groups in total. The number of sulfonamides is 5. The van der Waals surface area contributed by atoms with Gasteiger partial charge in [-0.25, -0.2) is 51.7 Å². The lowest BCUT2D eigenvalue weighted by Crippen LogP contribution is -2.51. The Balaban J connectivity index is 0.000000168. The first-order valence-electron chi connectivity index (χ1n) is 43.3. The predicted octanol–water partition coefficient (Wildman–Crippen LogP) is 7.15. The molecule has 1 unspecified atom stereocenters. The molecular formula is C87H124N18O19S5. The van der Waals surface area contributed by atoms with Crippen LogP contribution in [0.25, 0.3) is 0 Å². The van der Waals surface area contributed by atoms with E-state index in [0.29, 0.717) is 149 Å².